The van der Waals surface area contributed by atoms with E-state index in [1.54, 1.807) is 0 Å². The second-order valence-electron chi connectivity index (χ2n) is 8.45. The van der Waals surface area contributed by atoms with Crippen LogP contribution in [0.3, 0.4) is 0 Å². The smallest absolute Gasteiger partial charge is 0.787 e. The van der Waals surface area contributed by atoms with Gasteiger partial charge in [0.05, 0.1) is 0 Å². The van der Waals surface area contributed by atoms with E-state index in [1.807, 2.05) is 83.1 Å². The van der Waals surface area contributed by atoms with Crippen LogP contribution in [0.1, 0.15) is 83.1 Å². The van der Waals surface area contributed by atoms with Gasteiger partial charge in [0.25, 0.3) is 0 Å². The van der Waals surface area contributed by atoms with Gasteiger partial charge in [0.1, 0.15) is 0 Å². The summed E-state index contributed by atoms with van der Waals surface area (Å²) in [6, 6.07) is 0. The first-order valence-corrected chi connectivity index (χ1v) is 8.45. The molecule has 0 saturated carbocycles. The first kappa shape index (κ1) is 34.4. The van der Waals surface area contributed by atoms with Gasteiger partial charge in [-0.25, -0.2) is 0 Å². The van der Waals surface area contributed by atoms with Gasteiger partial charge in [-0.1, -0.05) is 83.1 Å². The van der Waals surface area contributed by atoms with Crippen molar-refractivity contribution in [2.45, 2.75) is 102 Å². The van der Waals surface area contributed by atoms with Gasteiger partial charge in [-0.3, -0.25) is 0 Å². The summed E-state index contributed by atoms with van der Waals surface area (Å²) in [5, 5.41) is 0. The van der Waals surface area contributed by atoms with E-state index in [1.165, 1.54) is 0 Å². The molecule has 0 nitrogen and oxygen atoms in total. The van der Waals surface area contributed by atoms with Gasteiger partial charge < -0.3 is 50.5 Å². The molecule has 0 atom stereocenters. The maximum atomic E-state index is 4.83. The van der Waals surface area contributed by atoms with Crippen LogP contribution in [-0.4, -0.2) is 19.0 Å². The van der Waals surface area contributed by atoms with Gasteiger partial charge in [0.2, 0.25) is 0 Å². The molecule has 0 aliphatic heterocycles. The Bertz CT molecular complexity index is 130. The Morgan fingerprint density at radius 2 is 0.333 bits per heavy atom. The van der Waals surface area contributed by atoms with E-state index < -0.39 is 0 Å². The van der Waals surface area contributed by atoms with Crippen molar-refractivity contribution in [2.75, 3.05) is 0 Å². The molecular weight excluding hydrogens is 416 g/mol. The van der Waals surface area contributed by atoms with Gasteiger partial charge in [0.15, 0.2) is 0 Å². The Balaban J connectivity index is -0.0000000533. The molecular formula is C16H36MoS4. The van der Waals surface area contributed by atoms with Crippen LogP contribution in [0.15, 0.2) is 0 Å². The molecule has 0 rings (SSSR count). The van der Waals surface area contributed by atoms with Crippen LogP contribution in [0.5, 0.6) is 0 Å². The molecule has 0 aliphatic carbocycles. The van der Waals surface area contributed by atoms with Crippen molar-refractivity contribution < 1.29 is 21.1 Å². The van der Waals surface area contributed by atoms with Crippen molar-refractivity contribution in [1.82, 2.24) is 0 Å². The van der Waals surface area contributed by atoms with Crippen LogP contribution in [0.4, 0.5) is 0 Å². The number of rotatable bonds is 0. The van der Waals surface area contributed by atoms with Crippen molar-refractivity contribution in [3.8, 4) is 0 Å². The SMILES string of the molecule is CC(C)(C)[S-].CC(C)(C)[S-].CC(C)(C)[S-].CC(C)(C)[S-].[Mo+4]. The van der Waals surface area contributed by atoms with Gasteiger partial charge in [0, 0.05) is 0 Å². The molecule has 0 aromatic rings. The largest absolute Gasteiger partial charge is 4.00 e. The van der Waals surface area contributed by atoms with Gasteiger partial charge in [-0.2, -0.15) is 19.0 Å². The van der Waals surface area contributed by atoms with Crippen molar-refractivity contribution in [2.24, 2.45) is 0 Å². The molecule has 0 N–H and O–H groups in total. The first-order valence-electron chi connectivity index (χ1n) is 6.82. The zero-order valence-electron chi connectivity index (χ0n) is 16.0. The molecule has 0 radical (unpaired) electrons. The zero-order valence-corrected chi connectivity index (χ0v) is 21.3. The van der Waals surface area contributed by atoms with E-state index in [4.69, 9.17) is 50.5 Å². The normalized spacial score (nSPS) is 11.4. The topological polar surface area (TPSA) is 0 Å². The van der Waals surface area contributed by atoms with Gasteiger partial charge in [-0.15, -0.1) is 0 Å². The summed E-state index contributed by atoms with van der Waals surface area (Å²) in [6.45, 7) is 24.0. The van der Waals surface area contributed by atoms with Crippen LogP contribution < -0.4 is 0 Å². The minimum Gasteiger partial charge on any atom is -0.787 e. The molecule has 0 unspecified atom stereocenters. The van der Waals surface area contributed by atoms with E-state index in [0.717, 1.165) is 0 Å². The molecule has 0 heterocycles. The Hall–Kier alpha value is 2.09. The summed E-state index contributed by atoms with van der Waals surface area (Å²) < 4.78 is 0.333. The molecule has 0 aromatic heterocycles. The fraction of sp³-hybridized carbons (Fsp3) is 1.00. The second-order valence-corrected chi connectivity index (χ2v) is 13.3. The summed E-state index contributed by atoms with van der Waals surface area (Å²) in [5.41, 5.74) is 0. The van der Waals surface area contributed by atoms with Crippen molar-refractivity contribution in [1.29, 1.82) is 0 Å². The maximum absolute atomic E-state index is 4.83. The summed E-state index contributed by atoms with van der Waals surface area (Å²) in [7, 11) is 0. The number of hydrogen-bond donors (Lipinski definition) is 0. The molecule has 0 spiro atoms. The Morgan fingerprint density at radius 1 is 0.333 bits per heavy atom. The minimum absolute atomic E-state index is 0. The molecule has 5 heteroatoms. The fourth-order valence-electron chi connectivity index (χ4n) is 0. The molecule has 0 bridgehead atoms. The van der Waals surface area contributed by atoms with Gasteiger partial charge in [-0.05, 0) is 0 Å². The van der Waals surface area contributed by atoms with E-state index in [2.05, 4.69) is 0 Å². The summed E-state index contributed by atoms with van der Waals surface area (Å²) in [6.07, 6.45) is 0. The molecule has 130 valence electrons. The minimum atomic E-state index is 0. The quantitative estimate of drug-likeness (QED) is 0.360. The molecule has 0 aromatic carbocycles. The van der Waals surface area contributed by atoms with Crippen molar-refractivity contribution >= 4 is 50.5 Å². The predicted molar refractivity (Wildman–Crippen MR) is 108 cm³/mol. The predicted octanol–water partition coefficient (Wildman–Crippen LogP) is 5.32. The van der Waals surface area contributed by atoms with Crippen LogP contribution in [0.25, 0.3) is 0 Å². The molecule has 0 saturated heterocycles. The van der Waals surface area contributed by atoms with E-state index in [9.17, 15) is 0 Å². The van der Waals surface area contributed by atoms with Crippen molar-refractivity contribution in [3.05, 3.63) is 0 Å². The van der Waals surface area contributed by atoms with Crippen LogP contribution >= 0.6 is 0 Å². The van der Waals surface area contributed by atoms with Crippen molar-refractivity contribution in [3.63, 3.8) is 0 Å². The van der Waals surface area contributed by atoms with E-state index in [0.29, 0.717) is 0 Å². The number of hydrogen-bond acceptors (Lipinski definition) is 4. The Morgan fingerprint density at radius 3 is 0.333 bits per heavy atom. The first-order chi connectivity index (χ1) is 8.00. The third-order valence-electron chi connectivity index (χ3n) is 0. The molecule has 0 fully saturated rings. The van der Waals surface area contributed by atoms with E-state index >= 15 is 0 Å². The maximum Gasteiger partial charge on any atom is 4.00 e. The monoisotopic (exact) mass is 454 g/mol. The summed E-state index contributed by atoms with van der Waals surface area (Å²) >= 11 is 19.3. The van der Waals surface area contributed by atoms with Gasteiger partial charge >= 0.3 is 21.1 Å². The Kier molecular flexibility index (Phi) is 23.7. The molecule has 0 aliphatic rings. The summed E-state index contributed by atoms with van der Waals surface area (Å²) in [5.74, 6) is 0. The van der Waals surface area contributed by atoms with E-state index in [-0.39, 0.29) is 40.1 Å². The van der Waals surface area contributed by atoms with Crippen LogP contribution in [0.2, 0.25) is 0 Å². The third-order valence-corrected chi connectivity index (χ3v) is 0. The van der Waals surface area contributed by atoms with Crippen LogP contribution in [-0.2, 0) is 71.6 Å². The second kappa shape index (κ2) is 14.4. The average Bonchev–Trinajstić information content (AvgIpc) is 1.62. The summed E-state index contributed by atoms with van der Waals surface area (Å²) in [4.78, 5) is 0. The molecule has 21 heavy (non-hydrogen) atoms. The van der Waals surface area contributed by atoms with Crippen LogP contribution in [0, 0.1) is 0 Å². The Labute approximate surface area is 172 Å². The average molecular weight is 453 g/mol. The standard InChI is InChI=1S/4C4H10S.Mo/c4*1-4(2,3)5;/h4*5H,1-3H3;/q;;;;+4/p-4. The molecule has 0 amide bonds. The fourth-order valence-corrected chi connectivity index (χ4v) is 0. The zero-order chi connectivity index (χ0) is 18.0. The third kappa shape index (κ3) is 2040.